The van der Waals surface area contributed by atoms with E-state index in [0.717, 1.165) is 11.1 Å². The number of nitrogens with one attached hydrogen (secondary N) is 2. The molecule has 0 spiro atoms. The van der Waals surface area contributed by atoms with Crippen molar-refractivity contribution in [3.05, 3.63) is 46.7 Å². The van der Waals surface area contributed by atoms with Crippen molar-refractivity contribution in [1.82, 2.24) is 20.4 Å². The largest absolute Gasteiger partial charge is 0.492 e. The zero-order chi connectivity index (χ0) is 16.4. The Kier molecular flexibility index (Phi) is 4.54. The molecule has 0 saturated carbocycles. The van der Waals surface area contributed by atoms with Crippen molar-refractivity contribution in [2.75, 3.05) is 13.7 Å². The Bertz CT molecular complexity index is 716. The lowest BCUT2D eigenvalue weighted by atomic mass is 9.99. The summed E-state index contributed by atoms with van der Waals surface area (Å²) < 4.78 is 7.31. The van der Waals surface area contributed by atoms with Crippen LogP contribution < -0.4 is 15.4 Å². The molecule has 0 aliphatic carbocycles. The van der Waals surface area contributed by atoms with Crippen LogP contribution in [0.2, 0.25) is 5.02 Å². The standard InChI is InChI=1S/C16H19ClN4O2/c1-18-14(10-8-19-21(2)9-10)16(22)20-13-6-7-23-15-11(13)4-3-5-12(15)17/h3-5,8-9,13-14,18H,6-7H2,1-2H3,(H,20,22). The lowest BCUT2D eigenvalue weighted by molar-refractivity contribution is -0.124. The lowest BCUT2D eigenvalue weighted by Crippen LogP contribution is -2.39. The number of hydrogen-bond acceptors (Lipinski definition) is 4. The van der Waals surface area contributed by atoms with Gasteiger partial charge in [-0.2, -0.15) is 5.10 Å². The maximum Gasteiger partial charge on any atom is 0.242 e. The molecule has 23 heavy (non-hydrogen) atoms. The molecule has 2 N–H and O–H groups in total. The van der Waals surface area contributed by atoms with Gasteiger partial charge in [0, 0.05) is 30.8 Å². The van der Waals surface area contributed by atoms with Crippen LogP contribution in [0.5, 0.6) is 5.75 Å². The van der Waals surface area contributed by atoms with Gasteiger partial charge in [-0.25, -0.2) is 0 Å². The Balaban J connectivity index is 1.80. The minimum atomic E-state index is -0.450. The highest BCUT2D eigenvalue weighted by Crippen LogP contribution is 2.37. The van der Waals surface area contributed by atoms with Crippen molar-refractivity contribution in [1.29, 1.82) is 0 Å². The van der Waals surface area contributed by atoms with E-state index < -0.39 is 6.04 Å². The van der Waals surface area contributed by atoms with Gasteiger partial charge in [0.2, 0.25) is 5.91 Å². The first kappa shape index (κ1) is 15.8. The average molecular weight is 335 g/mol. The molecular weight excluding hydrogens is 316 g/mol. The molecule has 7 heteroatoms. The van der Waals surface area contributed by atoms with E-state index in [4.69, 9.17) is 16.3 Å². The van der Waals surface area contributed by atoms with Crippen molar-refractivity contribution in [3.63, 3.8) is 0 Å². The molecule has 2 unspecified atom stereocenters. The fourth-order valence-corrected chi connectivity index (χ4v) is 3.07. The van der Waals surface area contributed by atoms with Crippen LogP contribution in [0, 0.1) is 0 Å². The van der Waals surface area contributed by atoms with Crippen LogP contribution in [-0.2, 0) is 11.8 Å². The van der Waals surface area contributed by atoms with E-state index in [9.17, 15) is 4.79 Å². The molecule has 2 aromatic rings. The second-order valence-electron chi connectivity index (χ2n) is 5.53. The summed E-state index contributed by atoms with van der Waals surface area (Å²) >= 11 is 6.17. The number of aryl methyl sites for hydroxylation is 1. The molecule has 0 fully saturated rings. The van der Waals surface area contributed by atoms with Crippen molar-refractivity contribution in [2.45, 2.75) is 18.5 Å². The number of fused-ring (bicyclic) bond motifs is 1. The van der Waals surface area contributed by atoms with Gasteiger partial charge in [0.1, 0.15) is 11.8 Å². The maximum atomic E-state index is 12.7. The van der Waals surface area contributed by atoms with Crippen LogP contribution >= 0.6 is 11.6 Å². The minimum absolute atomic E-state index is 0.0988. The van der Waals surface area contributed by atoms with Crippen LogP contribution in [0.1, 0.15) is 29.6 Å². The Morgan fingerprint density at radius 1 is 1.52 bits per heavy atom. The van der Waals surface area contributed by atoms with E-state index in [1.807, 2.05) is 25.4 Å². The van der Waals surface area contributed by atoms with Gasteiger partial charge in [-0.1, -0.05) is 23.7 Å². The van der Waals surface area contributed by atoms with Gasteiger partial charge in [-0.05, 0) is 13.1 Å². The first-order valence-electron chi connectivity index (χ1n) is 7.47. The quantitative estimate of drug-likeness (QED) is 0.897. The highest BCUT2D eigenvalue weighted by atomic mass is 35.5. The van der Waals surface area contributed by atoms with Gasteiger partial charge >= 0.3 is 0 Å². The maximum absolute atomic E-state index is 12.7. The molecule has 0 radical (unpaired) electrons. The molecule has 1 aromatic carbocycles. The molecule has 1 aliphatic rings. The first-order chi connectivity index (χ1) is 11.1. The van der Waals surface area contributed by atoms with Crippen LogP contribution in [0.4, 0.5) is 0 Å². The number of ether oxygens (including phenoxy) is 1. The third-order valence-electron chi connectivity index (χ3n) is 3.95. The first-order valence-corrected chi connectivity index (χ1v) is 7.85. The van der Waals surface area contributed by atoms with Crippen LogP contribution in [0.3, 0.4) is 0 Å². The molecule has 1 aliphatic heterocycles. The number of halogens is 1. The second-order valence-corrected chi connectivity index (χ2v) is 5.93. The van der Waals surface area contributed by atoms with Gasteiger partial charge < -0.3 is 15.4 Å². The van der Waals surface area contributed by atoms with Crippen LogP contribution in [0.15, 0.2) is 30.6 Å². The number of aromatic nitrogens is 2. The highest BCUT2D eigenvalue weighted by molar-refractivity contribution is 6.32. The molecule has 0 saturated heterocycles. The number of rotatable bonds is 4. The summed E-state index contributed by atoms with van der Waals surface area (Å²) in [4.78, 5) is 12.7. The lowest BCUT2D eigenvalue weighted by Gasteiger charge is -2.28. The van der Waals surface area contributed by atoms with E-state index in [2.05, 4.69) is 15.7 Å². The number of benzene rings is 1. The van der Waals surface area contributed by atoms with E-state index in [-0.39, 0.29) is 11.9 Å². The van der Waals surface area contributed by atoms with E-state index >= 15 is 0 Å². The molecule has 2 heterocycles. The number of hydrogen-bond donors (Lipinski definition) is 2. The average Bonchev–Trinajstić information content (AvgIpc) is 2.95. The van der Waals surface area contributed by atoms with Crippen molar-refractivity contribution in [3.8, 4) is 5.75 Å². The summed E-state index contributed by atoms with van der Waals surface area (Å²) in [6.45, 7) is 0.527. The smallest absolute Gasteiger partial charge is 0.242 e. The van der Waals surface area contributed by atoms with Crippen LogP contribution in [0.25, 0.3) is 0 Å². The predicted molar refractivity (Wildman–Crippen MR) is 87.5 cm³/mol. The Hall–Kier alpha value is -2.05. The minimum Gasteiger partial charge on any atom is -0.492 e. The number of nitrogens with zero attached hydrogens (tertiary/aromatic N) is 2. The number of amides is 1. The fourth-order valence-electron chi connectivity index (χ4n) is 2.83. The SMILES string of the molecule is CNC(C(=O)NC1CCOc2c(Cl)cccc21)c1cnn(C)c1. The molecular formula is C16H19ClN4O2. The topological polar surface area (TPSA) is 68.2 Å². The predicted octanol–water partition coefficient (Wildman–Crippen LogP) is 1.97. The Morgan fingerprint density at radius 2 is 2.35 bits per heavy atom. The Labute approximate surface area is 139 Å². The fraction of sp³-hybridized carbons (Fsp3) is 0.375. The van der Waals surface area contributed by atoms with E-state index in [0.29, 0.717) is 23.8 Å². The van der Waals surface area contributed by atoms with Crippen molar-refractivity contribution < 1.29 is 9.53 Å². The molecule has 3 rings (SSSR count). The molecule has 1 amide bonds. The number of para-hydroxylation sites is 1. The van der Waals surface area contributed by atoms with Gasteiger partial charge in [0.25, 0.3) is 0 Å². The summed E-state index contributed by atoms with van der Waals surface area (Å²) in [5.74, 6) is 0.562. The zero-order valence-electron chi connectivity index (χ0n) is 13.0. The van der Waals surface area contributed by atoms with Gasteiger partial charge in [-0.15, -0.1) is 0 Å². The number of carbonyl (C=O) groups excluding carboxylic acids is 1. The van der Waals surface area contributed by atoms with Crippen molar-refractivity contribution >= 4 is 17.5 Å². The van der Waals surface area contributed by atoms with E-state index in [1.165, 1.54) is 0 Å². The third-order valence-corrected chi connectivity index (χ3v) is 4.25. The zero-order valence-corrected chi connectivity index (χ0v) is 13.8. The number of likely N-dealkylation sites (N-methyl/N-ethyl adjacent to an activating group) is 1. The summed E-state index contributed by atoms with van der Waals surface area (Å²) in [6.07, 6.45) is 4.23. The summed E-state index contributed by atoms with van der Waals surface area (Å²) in [7, 11) is 3.58. The molecule has 1 aromatic heterocycles. The monoisotopic (exact) mass is 334 g/mol. The van der Waals surface area contributed by atoms with Gasteiger partial charge in [-0.3, -0.25) is 9.48 Å². The second kappa shape index (κ2) is 6.60. The van der Waals surface area contributed by atoms with E-state index in [1.54, 1.807) is 24.0 Å². The molecule has 6 nitrogen and oxygen atoms in total. The van der Waals surface area contributed by atoms with Gasteiger partial charge in [0.15, 0.2) is 0 Å². The summed E-state index contributed by atoms with van der Waals surface area (Å²) in [5, 5.41) is 10.8. The molecule has 122 valence electrons. The normalized spacial score (nSPS) is 18.0. The Morgan fingerprint density at radius 3 is 3.04 bits per heavy atom. The summed E-state index contributed by atoms with van der Waals surface area (Å²) in [6, 6.07) is 5.03. The van der Waals surface area contributed by atoms with Gasteiger partial charge in [0.05, 0.1) is 23.9 Å². The molecule has 0 bridgehead atoms. The van der Waals surface area contributed by atoms with Crippen LogP contribution in [-0.4, -0.2) is 29.3 Å². The number of carbonyl (C=O) groups is 1. The highest BCUT2D eigenvalue weighted by Gasteiger charge is 2.28. The molecule has 2 atom stereocenters. The summed E-state index contributed by atoms with van der Waals surface area (Å²) in [5.41, 5.74) is 1.74. The third kappa shape index (κ3) is 3.18. The van der Waals surface area contributed by atoms with Crippen molar-refractivity contribution in [2.24, 2.45) is 7.05 Å².